The van der Waals surface area contributed by atoms with E-state index in [0.717, 1.165) is 16.9 Å². The van der Waals surface area contributed by atoms with Crippen molar-refractivity contribution in [1.29, 1.82) is 0 Å². The van der Waals surface area contributed by atoms with Gasteiger partial charge in [0.25, 0.3) is 0 Å². The summed E-state index contributed by atoms with van der Waals surface area (Å²) in [5, 5.41) is 12.8. The maximum Gasteiger partial charge on any atom is 0.240 e. The van der Waals surface area contributed by atoms with Crippen molar-refractivity contribution >= 4 is 22.4 Å². The van der Waals surface area contributed by atoms with Crippen molar-refractivity contribution in [3.63, 3.8) is 0 Å². The SMILES string of the molecule is Cc1cccc(Cc2cnc(NC(=O)CN(CCO)Cc3ccccc3)s2)c1. The molecule has 0 aliphatic heterocycles. The van der Waals surface area contributed by atoms with Gasteiger partial charge in [-0.3, -0.25) is 9.69 Å². The van der Waals surface area contributed by atoms with Crippen LogP contribution in [-0.4, -0.2) is 40.6 Å². The summed E-state index contributed by atoms with van der Waals surface area (Å²) in [5.74, 6) is -0.124. The lowest BCUT2D eigenvalue weighted by molar-refractivity contribution is -0.117. The van der Waals surface area contributed by atoms with Gasteiger partial charge in [-0.1, -0.05) is 60.2 Å². The molecule has 28 heavy (non-hydrogen) atoms. The van der Waals surface area contributed by atoms with Crippen LogP contribution in [0.4, 0.5) is 5.13 Å². The summed E-state index contributed by atoms with van der Waals surface area (Å²) in [6.45, 7) is 3.36. The zero-order valence-corrected chi connectivity index (χ0v) is 16.8. The van der Waals surface area contributed by atoms with Crippen LogP contribution in [0, 0.1) is 6.92 Å². The van der Waals surface area contributed by atoms with Gasteiger partial charge in [0.2, 0.25) is 5.91 Å². The summed E-state index contributed by atoms with van der Waals surface area (Å²) in [6.07, 6.45) is 2.62. The van der Waals surface area contributed by atoms with E-state index in [1.165, 1.54) is 22.5 Å². The van der Waals surface area contributed by atoms with Gasteiger partial charge in [-0.2, -0.15) is 0 Å². The van der Waals surface area contributed by atoms with Crippen molar-refractivity contribution in [3.8, 4) is 0 Å². The molecular weight excluding hydrogens is 370 g/mol. The Labute approximate surface area is 169 Å². The van der Waals surface area contributed by atoms with Crippen molar-refractivity contribution in [2.24, 2.45) is 0 Å². The van der Waals surface area contributed by atoms with Crippen LogP contribution >= 0.6 is 11.3 Å². The zero-order chi connectivity index (χ0) is 19.8. The Balaban J connectivity index is 1.55. The maximum absolute atomic E-state index is 12.4. The van der Waals surface area contributed by atoms with Crippen LogP contribution in [-0.2, 0) is 17.8 Å². The number of hydrogen-bond acceptors (Lipinski definition) is 5. The topological polar surface area (TPSA) is 65.5 Å². The van der Waals surface area contributed by atoms with Gasteiger partial charge in [0.1, 0.15) is 0 Å². The minimum Gasteiger partial charge on any atom is -0.395 e. The highest BCUT2D eigenvalue weighted by Crippen LogP contribution is 2.21. The molecule has 0 saturated heterocycles. The van der Waals surface area contributed by atoms with Gasteiger partial charge < -0.3 is 10.4 Å². The highest BCUT2D eigenvalue weighted by Gasteiger charge is 2.13. The highest BCUT2D eigenvalue weighted by atomic mass is 32.1. The number of thiazole rings is 1. The smallest absolute Gasteiger partial charge is 0.240 e. The first-order valence-corrected chi connectivity index (χ1v) is 10.1. The standard InChI is InChI=1S/C22H25N3O2S/c1-17-6-5-9-19(12-17)13-20-14-23-22(28-20)24-21(27)16-25(10-11-26)15-18-7-3-2-4-8-18/h2-9,12,14,26H,10-11,13,15-16H2,1H3,(H,23,24,27). The summed E-state index contributed by atoms with van der Waals surface area (Å²) >= 11 is 1.50. The molecule has 3 rings (SSSR count). The predicted molar refractivity (Wildman–Crippen MR) is 114 cm³/mol. The average Bonchev–Trinajstić information content (AvgIpc) is 3.09. The molecule has 0 radical (unpaired) electrons. The summed E-state index contributed by atoms with van der Waals surface area (Å²) < 4.78 is 0. The van der Waals surface area contributed by atoms with Crippen LogP contribution in [0.2, 0.25) is 0 Å². The number of nitrogens with one attached hydrogen (secondary N) is 1. The third-order valence-corrected chi connectivity index (χ3v) is 5.21. The molecule has 2 N–H and O–H groups in total. The predicted octanol–water partition coefficient (Wildman–Crippen LogP) is 3.48. The molecule has 0 fully saturated rings. The molecule has 1 amide bonds. The quantitative estimate of drug-likeness (QED) is 0.582. The number of amides is 1. The zero-order valence-electron chi connectivity index (χ0n) is 16.0. The van der Waals surface area contributed by atoms with Gasteiger partial charge in [-0.25, -0.2) is 4.98 Å². The van der Waals surface area contributed by atoms with Crippen molar-refractivity contribution in [1.82, 2.24) is 9.88 Å². The van der Waals surface area contributed by atoms with E-state index in [1.54, 1.807) is 0 Å². The third kappa shape index (κ3) is 6.27. The molecule has 1 heterocycles. The third-order valence-electron chi connectivity index (χ3n) is 4.29. The molecule has 1 aromatic heterocycles. The summed E-state index contributed by atoms with van der Waals surface area (Å²) in [5.41, 5.74) is 3.58. The largest absolute Gasteiger partial charge is 0.395 e. The van der Waals surface area contributed by atoms with E-state index in [4.69, 9.17) is 0 Å². The molecule has 146 valence electrons. The summed E-state index contributed by atoms with van der Waals surface area (Å²) in [7, 11) is 0. The second kappa shape index (κ2) is 10.1. The van der Waals surface area contributed by atoms with E-state index in [0.29, 0.717) is 18.2 Å². The first kappa shape index (κ1) is 20.2. The lowest BCUT2D eigenvalue weighted by Gasteiger charge is -2.20. The molecule has 6 heteroatoms. The van der Waals surface area contributed by atoms with Crippen molar-refractivity contribution in [2.75, 3.05) is 25.0 Å². The second-order valence-electron chi connectivity index (χ2n) is 6.77. The van der Waals surface area contributed by atoms with Crippen molar-refractivity contribution in [2.45, 2.75) is 19.9 Å². The number of nitrogens with zero attached hydrogens (tertiary/aromatic N) is 2. The molecular formula is C22H25N3O2S. The van der Waals surface area contributed by atoms with Crippen LogP contribution in [0.5, 0.6) is 0 Å². The Kier molecular flexibility index (Phi) is 7.31. The second-order valence-corrected chi connectivity index (χ2v) is 7.88. The molecule has 0 unspecified atom stereocenters. The van der Waals surface area contributed by atoms with Gasteiger partial charge in [-0.15, -0.1) is 11.3 Å². The molecule has 0 atom stereocenters. The number of hydrogen-bond donors (Lipinski definition) is 2. The van der Waals surface area contributed by atoms with Crippen LogP contribution in [0.3, 0.4) is 0 Å². The van der Waals surface area contributed by atoms with E-state index in [1.807, 2.05) is 41.4 Å². The van der Waals surface area contributed by atoms with Crippen LogP contribution in [0.25, 0.3) is 0 Å². The number of aromatic nitrogens is 1. The fourth-order valence-electron chi connectivity index (χ4n) is 3.03. The van der Waals surface area contributed by atoms with Crippen LogP contribution in [0.15, 0.2) is 60.8 Å². The van der Waals surface area contributed by atoms with Gasteiger partial charge in [-0.05, 0) is 18.1 Å². The molecule has 0 spiro atoms. The van der Waals surface area contributed by atoms with Crippen LogP contribution in [0.1, 0.15) is 21.6 Å². The summed E-state index contributed by atoms with van der Waals surface area (Å²) in [6, 6.07) is 18.3. The Bertz CT molecular complexity index is 896. The van der Waals surface area contributed by atoms with Gasteiger partial charge in [0, 0.05) is 30.6 Å². The molecule has 0 bridgehead atoms. The highest BCUT2D eigenvalue weighted by molar-refractivity contribution is 7.15. The van der Waals surface area contributed by atoms with Crippen molar-refractivity contribution in [3.05, 3.63) is 82.4 Å². The van der Waals surface area contributed by atoms with E-state index < -0.39 is 0 Å². The first-order valence-electron chi connectivity index (χ1n) is 9.29. The van der Waals surface area contributed by atoms with E-state index in [9.17, 15) is 9.90 Å². The fraction of sp³-hybridized carbons (Fsp3) is 0.273. The molecule has 0 saturated carbocycles. The van der Waals surface area contributed by atoms with Crippen LogP contribution < -0.4 is 5.32 Å². The molecule has 3 aromatic rings. The van der Waals surface area contributed by atoms with Gasteiger partial charge in [0.15, 0.2) is 5.13 Å². The number of aliphatic hydroxyl groups excluding tert-OH is 1. The first-order chi connectivity index (χ1) is 13.6. The number of aryl methyl sites for hydroxylation is 1. The normalized spacial score (nSPS) is 11.0. The number of carbonyl (C=O) groups excluding carboxylic acids is 1. The number of rotatable bonds is 9. The molecule has 0 aliphatic rings. The number of benzene rings is 2. The van der Waals surface area contributed by atoms with E-state index in [-0.39, 0.29) is 19.1 Å². The Hall–Kier alpha value is -2.54. The maximum atomic E-state index is 12.4. The number of aliphatic hydroxyl groups is 1. The number of anilines is 1. The minimum atomic E-state index is -0.124. The summed E-state index contributed by atoms with van der Waals surface area (Å²) in [4.78, 5) is 19.8. The Morgan fingerprint density at radius 3 is 2.68 bits per heavy atom. The lowest BCUT2D eigenvalue weighted by Crippen LogP contribution is -2.34. The monoisotopic (exact) mass is 395 g/mol. The lowest BCUT2D eigenvalue weighted by atomic mass is 10.1. The van der Waals surface area contributed by atoms with Gasteiger partial charge in [0.05, 0.1) is 13.2 Å². The molecule has 5 nitrogen and oxygen atoms in total. The minimum absolute atomic E-state index is 0.0119. The van der Waals surface area contributed by atoms with Gasteiger partial charge >= 0.3 is 0 Å². The van der Waals surface area contributed by atoms with Crippen molar-refractivity contribution < 1.29 is 9.90 Å². The Morgan fingerprint density at radius 2 is 1.93 bits per heavy atom. The number of carbonyl (C=O) groups is 1. The molecule has 0 aliphatic carbocycles. The average molecular weight is 396 g/mol. The Morgan fingerprint density at radius 1 is 1.14 bits per heavy atom. The molecule has 2 aromatic carbocycles. The van der Waals surface area contributed by atoms with E-state index in [2.05, 4.69) is 41.5 Å². The van der Waals surface area contributed by atoms with E-state index >= 15 is 0 Å². The fourth-order valence-corrected chi connectivity index (χ4v) is 3.89.